The molecule has 20 heavy (non-hydrogen) atoms. The summed E-state index contributed by atoms with van der Waals surface area (Å²) in [7, 11) is 2.70. The molecule has 2 rings (SSSR count). The summed E-state index contributed by atoms with van der Waals surface area (Å²) in [6.45, 7) is 0. The highest BCUT2D eigenvalue weighted by Crippen LogP contribution is 2.23. The molecule has 0 aliphatic heterocycles. The first kappa shape index (κ1) is 14.1. The van der Waals surface area contributed by atoms with Gasteiger partial charge in [0.1, 0.15) is 0 Å². The molecule has 0 aliphatic rings. The van der Waals surface area contributed by atoms with E-state index in [0.29, 0.717) is 5.52 Å². The monoisotopic (exact) mass is 277 g/mol. The molecule has 1 aromatic heterocycles. The molecule has 2 aromatic rings. The van der Waals surface area contributed by atoms with Crippen LogP contribution >= 0.6 is 0 Å². The Labute approximate surface area is 115 Å². The minimum absolute atomic E-state index is 0.254. The Bertz CT molecular complexity index is 646. The molecule has 1 N–H and O–H groups in total. The molecule has 0 spiro atoms. The summed E-state index contributed by atoms with van der Waals surface area (Å²) in [4.78, 5) is 22.8. The summed E-state index contributed by atoms with van der Waals surface area (Å²) >= 11 is 0. The zero-order valence-corrected chi connectivity index (χ0v) is 11.2. The zero-order valence-electron chi connectivity index (χ0n) is 11.2. The maximum Gasteiger partial charge on any atom is 0.416 e. The summed E-state index contributed by atoms with van der Waals surface area (Å²) in [5.41, 5.74) is 1.30. The zero-order chi connectivity index (χ0) is 14.7. The first-order valence-corrected chi connectivity index (χ1v) is 6.01. The number of nitrogens with zero attached hydrogens (tertiary/aromatic N) is 1. The number of fused-ring (bicyclic) bond motifs is 1. The average Bonchev–Trinajstić information content (AvgIpc) is 2.83. The lowest BCUT2D eigenvalue weighted by atomic mass is 10.1. The smallest absolute Gasteiger partial charge is 0.416 e. The van der Waals surface area contributed by atoms with Crippen molar-refractivity contribution in [2.24, 2.45) is 0 Å². The topological polar surface area (TPSA) is 77.8 Å². The number of carbonyl (C=O) groups is 2. The Morgan fingerprint density at radius 3 is 2.60 bits per heavy atom. The van der Waals surface area contributed by atoms with Gasteiger partial charge >= 0.3 is 12.1 Å². The fourth-order valence-corrected chi connectivity index (χ4v) is 2.17. The van der Waals surface area contributed by atoms with E-state index in [1.165, 1.54) is 20.4 Å². The molecule has 1 unspecified atom stereocenters. The summed E-state index contributed by atoms with van der Waals surface area (Å²) in [6.07, 6.45) is -0.0705. The minimum atomic E-state index is -1.07. The van der Waals surface area contributed by atoms with Crippen molar-refractivity contribution < 1.29 is 24.2 Å². The van der Waals surface area contributed by atoms with E-state index in [1.807, 2.05) is 12.1 Å². The van der Waals surface area contributed by atoms with E-state index >= 15 is 0 Å². The van der Waals surface area contributed by atoms with Crippen molar-refractivity contribution in [3.8, 4) is 0 Å². The third-order valence-electron chi connectivity index (χ3n) is 3.15. The molecule has 1 aromatic carbocycles. The van der Waals surface area contributed by atoms with E-state index in [1.54, 1.807) is 12.1 Å². The molecule has 0 saturated heterocycles. The van der Waals surface area contributed by atoms with Gasteiger partial charge in [-0.05, 0) is 11.6 Å². The summed E-state index contributed by atoms with van der Waals surface area (Å²) in [5.74, 6) is -0.486. The van der Waals surface area contributed by atoms with Crippen LogP contribution in [0.15, 0.2) is 30.5 Å². The minimum Gasteiger partial charge on any atom is -0.467 e. The Hall–Kier alpha value is -2.34. The molecular weight excluding hydrogens is 262 g/mol. The number of hydrogen-bond donors (Lipinski definition) is 1. The fourth-order valence-electron chi connectivity index (χ4n) is 2.17. The maximum absolute atomic E-state index is 11.6. The van der Waals surface area contributed by atoms with Crippen molar-refractivity contribution in [3.63, 3.8) is 0 Å². The highest BCUT2D eigenvalue weighted by atomic mass is 16.6. The highest BCUT2D eigenvalue weighted by Gasteiger charge is 2.22. The first-order chi connectivity index (χ1) is 9.58. The number of ether oxygens (including phenoxy) is 2. The van der Waals surface area contributed by atoms with Crippen LogP contribution in [0, 0.1) is 0 Å². The number of rotatable bonds is 4. The predicted molar refractivity (Wildman–Crippen MR) is 71.9 cm³/mol. The molecule has 1 atom stereocenters. The van der Waals surface area contributed by atoms with E-state index in [4.69, 9.17) is 4.74 Å². The van der Waals surface area contributed by atoms with Gasteiger partial charge in [-0.15, -0.1) is 0 Å². The molecule has 0 saturated carbocycles. The Morgan fingerprint density at radius 2 is 2.00 bits per heavy atom. The van der Waals surface area contributed by atoms with E-state index in [0.717, 1.165) is 15.5 Å². The molecule has 1 heterocycles. The van der Waals surface area contributed by atoms with Gasteiger partial charge in [-0.25, -0.2) is 9.59 Å². The number of methoxy groups -OCH3 is 2. The summed E-state index contributed by atoms with van der Waals surface area (Å²) in [5, 5.41) is 9.96. The Morgan fingerprint density at radius 1 is 1.30 bits per heavy atom. The second-order valence-corrected chi connectivity index (χ2v) is 4.28. The predicted octanol–water partition coefficient (Wildman–Crippen LogP) is 1.90. The second kappa shape index (κ2) is 5.75. The van der Waals surface area contributed by atoms with Crippen LogP contribution in [0.2, 0.25) is 0 Å². The molecule has 0 fully saturated rings. The van der Waals surface area contributed by atoms with Crippen molar-refractivity contribution >= 4 is 23.0 Å². The van der Waals surface area contributed by atoms with Crippen LogP contribution in [-0.2, 0) is 20.7 Å². The number of aromatic nitrogens is 1. The maximum atomic E-state index is 11.6. The second-order valence-electron chi connectivity index (χ2n) is 4.28. The van der Waals surface area contributed by atoms with E-state index < -0.39 is 18.2 Å². The average molecular weight is 277 g/mol. The number of esters is 1. The van der Waals surface area contributed by atoms with Gasteiger partial charge in [0.05, 0.1) is 12.6 Å². The summed E-state index contributed by atoms with van der Waals surface area (Å²) < 4.78 is 10.9. The lowest BCUT2D eigenvalue weighted by Crippen LogP contribution is -2.26. The fraction of sp³-hybridized carbons (Fsp3) is 0.286. The van der Waals surface area contributed by atoms with Gasteiger partial charge in [-0.1, -0.05) is 18.2 Å². The third kappa shape index (κ3) is 2.50. The molecule has 6 heteroatoms. The molecule has 6 nitrogen and oxygen atoms in total. The third-order valence-corrected chi connectivity index (χ3v) is 3.15. The number of benzene rings is 1. The van der Waals surface area contributed by atoms with Crippen LogP contribution in [-0.4, -0.2) is 42.1 Å². The van der Waals surface area contributed by atoms with Crippen molar-refractivity contribution in [2.75, 3.05) is 14.2 Å². The van der Waals surface area contributed by atoms with Gasteiger partial charge in [0.25, 0.3) is 0 Å². The van der Waals surface area contributed by atoms with Gasteiger partial charge in [0.15, 0.2) is 6.10 Å². The van der Waals surface area contributed by atoms with Gasteiger partial charge < -0.3 is 14.6 Å². The van der Waals surface area contributed by atoms with Crippen molar-refractivity contribution in [1.82, 2.24) is 4.57 Å². The van der Waals surface area contributed by atoms with Crippen LogP contribution in [0.1, 0.15) is 5.56 Å². The lowest BCUT2D eigenvalue weighted by Gasteiger charge is -2.11. The van der Waals surface area contributed by atoms with E-state index in [9.17, 15) is 14.7 Å². The Balaban J connectivity index is 2.44. The SMILES string of the molecule is COC(=O)C(Cc1cn(C(=O)O)c2ccccc12)OC. The molecule has 0 aliphatic carbocycles. The van der Waals surface area contributed by atoms with Gasteiger partial charge in [0, 0.05) is 25.1 Å². The lowest BCUT2D eigenvalue weighted by molar-refractivity contribution is -0.152. The van der Waals surface area contributed by atoms with Crippen LogP contribution in [0.5, 0.6) is 0 Å². The number of hydrogen-bond acceptors (Lipinski definition) is 4. The van der Waals surface area contributed by atoms with Crippen LogP contribution in [0.25, 0.3) is 10.9 Å². The summed E-state index contributed by atoms with van der Waals surface area (Å²) in [6, 6.07) is 7.11. The number of para-hydroxylation sites is 1. The number of carboxylic acid groups (broad SMARTS) is 1. The van der Waals surface area contributed by atoms with Gasteiger partial charge in [0.2, 0.25) is 0 Å². The number of carbonyl (C=O) groups excluding carboxylic acids is 1. The van der Waals surface area contributed by atoms with Crippen LogP contribution in [0.3, 0.4) is 0 Å². The van der Waals surface area contributed by atoms with Gasteiger partial charge in [-0.3, -0.25) is 4.57 Å². The quantitative estimate of drug-likeness (QED) is 0.863. The Kier molecular flexibility index (Phi) is 4.05. The molecule has 106 valence electrons. The molecule has 0 bridgehead atoms. The standard InChI is InChI=1S/C14H15NO5/c1-19-12(13(16)20-2)7-9-8-15(14(17)18)11-6-4-3-5-10(9)11/h3-6,8,12H,7H2,1-2H3,(H,17,18). The molecule has 0 radical (unpaired) electrons. The highest BCUT2D eigenvalue weighted by molar-refractivity contribution is 5.91. The normalized spacial score (nSPS) is 12.3. The van der Waals surface area contributed by atoms with Crippen molar-refractivity contribution in [1.29, 1.82) is 0 Å². The van der Waals surface area contributed by atoms with E-state index in [2.05, 4.69) is 4.74 Å². The molecule has 0 amide bonds. The largest absolute Gasteiger partial charge is 0.467 e. The van der Waals surface area contributed by atoms with Crippen molar-refractivity contribution in [2.45, 2.75) is 12.5 Å². The van der Waals surface area contributed by atoms with Crippen molar-refractivity contribution in [3.05, 3.63) is 36.0 Å². The van der Waals surface area contributed by atoms with E-state index in [-0.39, 0.29) is 6.42 Å². The molecular formula is C14H15NO5. The van der Waals surface area contributed by atoms with Gasteiger partial charge in [-0.2, -0.15) is 0 Å². The van der Waals surface area contributed by atoms with Crippen LogP contribution in [0.4, 0.5) is 4.79 Å². The first-order valence-electron chi connectivity index (χ1n) is 6.01. The van der Waals surface area contributed by atoms with Crippen LogP contribution < -0.4 is 0 Å².